The zero-order valence-electron chi connectivity index (χ0n) is 17.3. The molecular weight excluding hydrogens is 431 g/mol. The van der Waals surface area contributed by atoms with Gasteiger partial charge in [-0.15, -0.1) is 6.42 Å². The molecule has 1 fully saturated rings. The normalized spacial score (nSPS) is 16.5. The van der Waals surface area contributed by atoms with Crippen LogP contribution in [-0.4, -0.2) is 23.9 Å². The number of aromatic nitrogens is 1. The van der Waals surface area contributed by atoms with Crippen LogP contribution in [0.2, 0.25) is 0 Å². The summed E-state index contributed by atoms with van der Waals surface area (Å²) in [5.74, 6) is 2.12. The van der Waals surface area contributed by atoms with Gasteiger partial charge in [-0.05, 0) is 37.0 Å². The van der Waals surface area contributed by atoms with Crippen LogP contribution >= 0.6 is 0 Å². The van der Waals surface area contributed by atoms with Crippen LogP contribution in [0.5, 0.6) is 0 Å². The Kier molecular flexibility index (Phi) is 6.05. The molecule has 3 rings (SSSR count). The second-order valence-electron chi connectivity index (χ2n) is 7.56. The SMILES string of the molecule is C#CC(N=C(N)c1cn(C2(C(F)F)CC2)c(=O)cc1NC)c1cccc(C(F)(F)F)c1C. The summed E-state index contributed by atoms with van der Waals surface area (Å²) in [6.45, 7) is 1.28. The van der Waals surface area contributed by atoms with Gasteiger partial charge in [-0.1, -0.05) is 18.1 Å². The summed E-state index contributed by atoms with van der Waals surface area (Å²) in [6.07, 6.45) is -0.322. The smallest absolute Gasteiger partial charge is 0.387 e. The van der Waals surface area contributed by atoms with Gasteiger partial charge in [-0.2, -0.15) is 13.2 Å². The fourth-order valence-electron chi connectivity index (χ4n) is 3.65. The minimum Gasteiger partial charge on any atom is -0.387 e. The first kappa shape index (κ1) is 23.3. The molecule has 1 aliphatic rings. The Morgan fingerprint density at radius 2 is 2.00 bits per heavy atom. The van der Waals surface area contributed by atoms with Gasteiger partial charge in [-0.3, -0.25) is 4.79 Å². The third kappa shape index (κ3) is 4.07. The number of terminal acetylenes is 1. The number of amidine groups is 1. The molecule has 1 aromatic carbocycles. The van der Waals surface area contributed by atoms with Crippen LogP contribution in [0.25, 0.3) is 0 Å². The maximum atomic E-state index is 13.6. The highest BCUT2D eigenvalue weighted by molar-refractivity contribution is 6.02. The van der Waals surface area contributed by atoms with Crippen molar-refractivity contribution in [3.05, 3.63) is 63.1 Å². The van der Waals surface area contributed by atoms with Crippen molar-refractivity contribution in [2.24, 2.45) is 10.7 Å². The zero-order valence-corrected chi connectivity index (χ0v) is 17.3. The highest BCUT2D eigenvalue weighted by Gasteiger charge is 2.53. The summed E-state index contributed by atoms with van der Waals surface area (Å²) in [4.78, 5) is 16.6. The van der Waals surface area contributed by atoms with E-state index in [-0.39, 0.29) is 41.1 Å². The lowest BCUT2D eigenvalue weighted by molar-refractivity contribution is -0.138. The highest BCUT2D eigenvalue weighted by atomic mass is 19.4. The maximum Gasteiger partial charge on any atom is 0.416 e. The quantitative estimate of drug-likeness (QED) is 0.301. The van der Waals surface area contributed by atoms with Crippen LogP contribution < -0.4 is 16.6 Å². The Bertz CT molecular complexity index is 1160. The van der Waals surface area contributed by atoms with E-state index in [1.54, 1.807) is 0 Å². The second-order valence-corrected chi connectivity index (χ2v) is 7.56. The lowest BCUT2D eigenvalue weighted by Gasteiger charge is -2.21. The number of nitrogens with one attached hydrogen (secondary N) is 1. The molecule has 1 unspecified atom stereocenters. The third-order valence-electron chi connectivity index (χ3n) is 5.65. The molecule has 0 aliphatic heterocycles. The number of nitrogens with zero attached hydrogens (tertiary/aromatic N) is 2. The van der Waals surface area contributed by atoms with E-state index < -0.39 is 35.3 Å². The van der Waals surface area contributed by atoms with Gasteiger partial charge >= 0.3 is 6.18 Å². The predicted octanol–water partition coefficient (Wildman–Crippen LogP) is 4.05. The van der Waals surface area contributed by atoms with E-state index in [2.05, 4.69) is 16.2 Å². The number of alkyl halides is 5. The number of pyridine rings is 1. The van der Waals surface area contributed by atoms with Crippen LogP contribution in [0.4, 0.5) is 27.6 Å². The minimum absolute atomic E-state index is 0.0899. The van der Waals surface area contributed by atoms with Crippen LogP contribution in [0.15, 0.2) is 40.2 Å². The number of hydrogen-bond donors (Lipinski definition) is 2. The van der Waals surface area contributed by atoms with E-state index in [1.807, 2.05) is 0 Å². The Balaban J connectivity index is 2.11. The van der Waals surface area contributed by atoms with E-state index >= 15 is 0 Å². The number of aliphatic imine (C=N–C) groups is 1. The molecule has 32 heavy (non-hydrogen) atoms. The van der Waals surface area contributed by atoms with E-state index in [1.165, 1.54) is 32.3 Å². The van der Waals surface area contributed by atoms with Crippen molar-refractivity contribution in [3.8, 4) is 12.3 Å². The van der Waals surface area contributed by atoms with Crippen molar-refractivity contribution < 1.29 is 22.0 Å². The standard InChI is InChI=1S/C22H21F5N4O/c1-4-16(13-6-5-7-15(12(13)2)22(25,26)27)30-19(28)14-11-31(18(32)10-17(14)29-3)21(8-9-21)20(23)24/h1,5-7,10-11,16,20,29H,8-9H2,2-3H3,(H2,28,30). The van der Waals surface area contributed by atoms with Gasteiger partial charge in [0.25, 0.3) is 12.0 Å². The van der Waals surface area contributed by atoms with Crippen molar-refractivity contribution in [1.29, 1.82) is 0 Å². The number of anilines is 1. The minimum atomic E-state index is -4.57. The Morgan fingerprint density at radius 1 is 1.34 bits per heavy atom. The third-order valence-corrected chi connectivity index (χ3v) is 5.65. The molecule has 0 radical (unpaired) electrons. The van der Waals surface area contributed by atoms with Crippen molar-refractivity contribution in [1.82, 2.24) is 4.57 Å². The van der Waals surface area contributed by atoms with Crippen molar-refractivity contribution in [2.45, 2.75) is 43.9 Å². The predicted molar refractivity (Wildman–Crippen MR) is 112 cm³/mol. The number of hydrogen-bond acceptors (Lipinski definition) is 3. The molecule has 0 amide bonds. The van der Waals surface area contributed by atoms with Crippen molar-refractivity contribution in [2.75, 3.05) is 12.4 Å². The van der Waals surface area contributed by atoms with Gasteiger partial charge in [0.2, 0.25) is 0 Å². The first-order valence-electron chi connectivity index (χ1n) is 9.66. The zero-order chi connectivity index (χ0) is 23.8. The number of benzene rings is 1. The fraction of sp³-hybridized carbons (Fsp3) is 0.364. The van der Waals surface area contributed by atoms with E-state index in [0.29, 0.717) is 0 Å². The summed E-state index contributed by atoms with van der Waals surface area (Å²) >= 11 is 0. The van der Waals surface area contributed by atoms with Gasteiger partial charge in [0.05, 0.1) is 16.8 Å². The molecule has 2 aromatic rings. The van der Waals surface area contributed by atoms with Gasteiger partial charge < -0.3 is 15.6 Å². The largest absolute Gasteiger partial charge is 0.416 e. The molecule has 0 bridgehead atoms. The fourth-order valence-corrected chi connectivity index (χ4v) is 3.65. The van der Waals surface area contributed by atoms with Crippen LogP contribution in [0.3, 0.4) is 0 Å². The van der Waals surface area contributed by atoms with Gasteiger partial charge in [-0.25, -0.2) is 13.8 Å². The lowest BCUT2D eigenvalue weighted by Crippen LogP contribution is -2.36. The average molecular weight is 452 g/mol. The molecule has 1 aromatic heterocycles. The highest BCUT2D eigenvalue weighted by Crippen LogP contribution is 2.48. The molecule has 0 spiro atoms. The molecule has 1 aliphatic carbocycles. The average Bonchev–Trinajstić information content (AvgIpc) is 3.53. The topological polar surface area (TPSA) is 72.4 Å². The van der Waals surface area contributed by atoms with Gasteiger partial charge in [0.1, 0.15) is 17.4 Å². The number of rotatable bonds is 6. The molecule has 1 heterocycles. The number of nitrogens with two attached hydrogens (primary N) is 1. The van der Waals surface area contributed by atoms with Crippen molar-refractivity contribution >= 4 is 11.5 Å². The summed E-state index contributed by atoms with van der Waals surface area (Å²) < 4.78 is 67.9. The molecule has 1 saturated carbocycles. The maximum absolute atomic E-state index is 13.6. The summed E-state index contributed by atoms with van der Waals surface area (Å²) in [5, 5.41) is 2.75. The molecule has 3 N–H and O–H groups in total. The Labute approximate surface area is 181 Å². The Hall–Kier alpha value is -3.35. The second kappa shape index (κ2) is 8.30. The molecule has 0 saturated heterocycles. The monoisotopic (exact) mass is 452 g/mol. The Morgan fingerprint density at radius 3 is 2.50 bits per heavy atom. The molecule has 10 heteroatoms. The molecule has 170 valence electrons. The summed E-state index contributed by atoms with van der Waals surface area (Å²) in [7, 11) is 1.51. The lowest BCUT2D eigenvalue weighted by atomic mass is 9.97. The van der Waals surface area contributed by atoms with E-state index in [4.69, 9.17) is 12.2 Å². The van der Waals surface area contributed by atoms with Crippen LogP contribution in [0, 0.1) is 19.3 Å². The van der Waals surface area contributed by atoms with Crippen LogP contribution in [0.1, 0.15) is 41.1 Å². The number of halogens is 5. The summed E-state index contributed by atoms with van der Waals surface area (Å²) in [5.41, 5.74) is 3.45. The molecule has 1 atom stereocenters. The van der Waals surface area contributed by atoms with Gasteiger partial charge in [0.15, 0.2) is 0 Å². The van der Waals surface area contributed by atoms with Crippen LogP contribution in [-0.2, 0) is 11.7 Å². The van der Waals surface area contributed by atoms with E-state index in [9.17, 15) is 26.7 Å². The van der Waals surface area contributed by atoms with Gasteiger partial charge in [0, 0.05) is 19.3 Å². The molecular formula is C22H21F5N4O. The van der Waals surface area contributed by atoms with E-state index in [0.717, 1.165) is 16.7 Å². The summed E-state index contributed by atoms with van der Waals surface area (Å²) in [6, 6.07) is 3.54. The van der Waals surface area contributed by atoms with Crippen molar-refractivity contribution in [3.63, 3.8) is 0 Å². The molecule has 5 nitrogen and oxygen atoms in total. The first-order chi connectivity index (χ1) is 15.0. The first-order valence-corrected chi connectivity index (χ1v) is 9.66.